The Morgan fingerprint density at radius 1 is 1.36 bits per heavy atom. The topological polar surface area (TPSA) is 58.6 Å². The van der Waals surface area contributed by atoms with E-state index in [1.807, 2.05) is 0 Å². The lowest BCUT2D eigenvalue weighted by Gasteiger charge is -2.25. The molecule has 1 spiro atoms. The molecule has 126 valence electrons. The number of rotatable bonds is 3. The lowest BCUT2D eigenvalue weighted by molar-refractivity contribution is -0.132. The van der Waals surface area contributed by atoms with Crippen molar-refractivity contribution in [3.63, 3.8) is 0 Å². The minimum absolute atomic E-state index is 0.0747. The maximum absolute atomic E-state index is 13.4. The van der Waals surface area contributed by atoms with E-state index in [0.29, 0.717) is 19.4 Å². The SMILES string of the molecule is CC[C@@H](NC(=O)OC(C)(C)C)C(=O)N1CC[C@]2(C1)CC2(F)F. The van der Waals surface area contributed by atoms with Crippen molar-refractivity contribution in [2.75, 3.05) is 13.1 Å². The zero-order valence-corrected chi connectivity index (χ0v) is 13.5. The smallest absolute Gasteiger partial charge is 0.408 e. The van der Waals surface area contributed by atoms with Crippen molar-refractivity contribution in [2.24, 2.45) is 5.41 Å². The van der Waals surface area contributed by atoms with Crippen LogP contribution in [0, 0.1) is 5.41 Å². The van der Waals surface area contributed by atoms with Crippen LogP contribution >= 0.6 is 0 Å². The van der Waals surface area contributed by atoms with Gasteiger partial charge in [0.2, 0.25) is 5.91 Å². The first kappa shape index (κ1) is 17.0. The molecule has 1 saturated carbocycles. The molecule has 1 N–H and O–H groups in total. The third kappa shape index (κ3) is 3.33. The number of hydrogen-bond acceptors (Lipinski definition) is 3. The number of nitrogens with one attached hydrogen (secondary N) is 1. The van der Waals surface area contributed by atoms with Crippen molar-refractivity contribution in [3.8, 4) is 0 Å². The number of alkyl carbamates (subject to hydrolysis) is 1. The number of nitrogens with zero attached hydrogens (tertiary/aromatic N) is 1. The molecule has 2 atom stereocenters. The van der Waals surface area contributed by atoms with Crippen LogP contribution in [-0.2, 0) is 9.53 Å². The first-order chi connectivity index (χ1) is 10.00. The molecule has 1 heterocycles. The third-order valence-electron chi connectivity index (χ3n) is 4.27. The fourth-order valence-corrected chi connectivity index (χ4v) is 2.89. The van der Waals surface area contributed by atoms with Crippen LogP contribution in [0.15, 0.2) is 0 Å². The largest absolute Gasteiger partial charge is 0.444 e. The van der Waals surface area contributed by atoms with Crippen molar-refractivity contribution >= 4 is 12.0 Å². The van der Waals surface area contributed by atoms with Gasteiger partial charge in [0.25, 0.3) is 5.92 Å². The Kier molecular flexibility index (Phi) is 4.13. The van der Waals surface area contributed by atoms with Crippen molar-refractivity contribution in [1.82, 2.24) is 10.2 Å². The molecule has 1 aliphatic heterocycles. The standard InChI is InChI=1S/C15H24F2N2O3/c1-5-10(18-12(21)22-13(2,3)4)11(20)19-7-6-14(9-19)8-15(14,16)17/h10H,5-9H2,1-4H3,(H,18,21)/t10-,14-/m1/s1. The zero-order valence-electron chi connectivity index (χ0n) is 13.5. The van der Waals surface area contributed by atoms with Gasteiger partial charge < -0.3 is 15.0 Å². The predicted molar refractivity (Wildman–Crippen MR) is 76.6 cm³/mol. The molecular weight excluding hydrogens is 294 g/mol. The molecule has 0 aromatic carbocycles. The number of amides is 2. The Bertz CT molecular complexity index is 476. The Hall–Kier alpha value is -1.40. The molecule has 0 radical (unpaired) electrons. The van der Waals surface area contributed by atoms with Gasteiger partial charge in [0.05, 0.1) is 5.41 Å². The highest BCUT2D eigenvalue weighted by Gasteiger charge is 2.73. The van der Waals surface area contributed by atoms with Crippen molar-refractivity contribution in [3.05, 3.63) is 0 Å². The van der Waals surface area contributed by atoms with Crippen LogP contribution in [0.2, 0.25) is 0 Å². The summed E-state index contributed by atoms with van der Waals surface area (Å²) in [5.74, 6) is -2.96. The van der Waals surface area contributed by atoms with E-state index in [1.165, 1.54) is 4.90 Å². The van der Waals surface area contributed by atoms with Crippen LogP contribution < -0.4 is 5.32 Å². The molecule has 22 heavy (non-hydrogen) atoms. The molecule has 1 saturated heterocycles. The molecule has 1 aliphatic carbocycles. The average molecular weight is 318 g/mol. The number of ether oxygens (including phenoxy) is 1. The lowest BCUT2D eigenvalue weighted by Crippen LogP contribution is -2.49. The van der Waals surface area contributed by atoms with Gasteiger partial charge in [-0.3, -0.25) is 4.79 Å². The van der Waals surface area contributed by atoms with Crippen molar-refractivity contribution < 1.29 is 23.1 Å². The van der Waals surface area contributed by atoms with Crippen LogP contribution in [0.25, 0.3) is 0 Å². The summed E-state index contributed by atoms with van der Waals surface area (Å²) >= 11 is 0. The van der Waals surface area contributed by atoms with Gasteiger partial charge in [-0.1, -0.05) is 6.92 Å². The van der Waals surface area contributed by atoms with E-state index in [4.69, 9.17) is 4.74 Å². The van der Waals surface area contributed by atoms with E-state index in [9.17, 15) is 18.4 Å². The van der Waals surface area contributed by atoms with Gasteiger partial charge in [-0.25, -0.2) is 13.6 Å². The van der Waals surface area contributed by atoms with Gasteiger partial charge in [0, 0.05) is 19.5 Å². The fourth-order valence-electron chi connectivity index (χ4n) is 2.89. The lowest BCUT2D eigenvalue weighted by atomic mass is 10.1. The molecule has 2 amide bonds. The number of carbonyl (C=O) groups excluding carboxylic acids is 2. The van der Waals surface area contributed by atoms with E-state index >= 15 is 0 Å². The minimum Gasteiger partial charge on any atom is -0.444 e. The molecule has 2 aliphatic rings. The van der Waals surface area contributed by atoms with E-state index in [1.54, 1.807) is 27.7 Å². The number of carbonyl (C=O) groups is 2. The molecule has 0 aromatic rings. The molecule has 5 nitrogen and oxygen atoms in total. The van der Waals surface area contributed by atoms with Gasteiger partial charge in [-0.2, -0.15) is 0 Å². The Labute approximate surface area is 129 Å². The van der Waals surface area contributed by atoms with Crippen molar-refractivity contribution in [2.45, 2.75) is 64.5 Å². The van der Waals surface area contributed by atoms with Crippen LogP contribution in [-0.4, -0.2) is 47.6 Å². The normalized spacial score (nSPS) is 27.6. The fraction of sp³-hybridized carbons (Fsp3) is 0.867. The summed E-state index contributed by atoms with van der Waals surface area (Å²) in [7, 11) is 0. The Morgan fingerprint density at radius 3 is 2.36 bits per heavy atom. The molecule has 0 aromatic heterocycles. The molecule has 0 bridgehead atoms. The highest BCUT2D eigenvalue weighted by Crippen LogP contribution is 2.65. The maximum Gasteiger partial charge on any atom is 0.408 e. The molecule has 2 fully saturated rings. The maximum atomic E-state index is 13.4. The van der Waals surface area contributed by atoms with Crippen LogP contribution in [0.4, 0.5) is 13.6 Å². The van der Waals surface area contributed by atoms with Crippen LogP contribution in [0.1, 0.15) is 47.0 Å². The van der Waals surface area contributed by atoms with Gasteiger partial charge >= 0.3 is 6.09 Å². The highest BCUT2D eigenvalue weighted by molar-refractivity contribution is 5.86. The number of hydrogen-bond donors (Lipinski definition) is 1. The average Bonchev–Trinajstić information content (AvgIpc) is 2.71. The van der Waals surface area contributed by atoms with Gasteiger partial charge in [0.15, 0.2) is 0 Å². The van der Waals surface area contributed by atoms with Gasteiger partial charge in [-0.15, -0.1) is 0 Å². The van der Waals surface area contributed by atoms with E-state index in [2.05, 4.69) is 5.32 Å². The van der Waals surface area contributed by atoms with E-state index in [-0.39, 0.29) is 18.9 Å². The first-order valence-electron chi connectivity index (χ1n) is 7.66. The monoisotopic (exact) mass is 318 g/mol. The number of halogens is 2. The van der Waals surface area contributed by atoms with Gasteiger partial charge in [0.1, 0.15) is 11.6 Å². The molecule has 2 rings (SSSR count). The second kappa shape index (κ2) is 5.35. The Morgan fingerprint density at radius 2 is 1.95 bits per heavy atom. The highest BCUT2D eigenvalue weighted by atomic mass is 19.3. The zero-order chi connectivity index (χ0) is 16.8. The summed E-state index contributed by atoms with van der Waals surface area (Å²) in [6, 6.07) is -0.739. The quantitative estimate of drug-likeness (QED) is 0.870. The van der Waals surface area contributed by atoms with Crippen LogP contribution in [0.5, 0.6) is 0 Å². The molecular formula is C15H24F2N2O3. The van der Waals surface area contributed by atoms with E-state index in [0.717, 1.165) is 0 Å². The Balaban J connectivity index is 1.92. The summed E-state index contributed by atoms with van der Waals surface area (Å²) in [6.45, 7) is 7.35. The summed E-state index contributed by atoms with van der Waals surface area (Å²) in [5.41, 5.74) is -1.67. The minimum atomic E-state index is -2.65. The van der Waals surface area contributed by atoms with Crippen LogP contribution in [0.3, 0.4) is 0 Å². The van der Waals surface area contributed by atoms with Gasteiger partial charge in [-0.05, 0) is 33.6 Å². The number of likely N-dealkylation sites (tertiary alicyclic amines) is 1. The first-order valence-corrected chi connectivity index (χ1v) is 7.66. The predicted octanol–water partition coefficient (Wildman–Crippen LogP) is 2.55. The summed E-state index contributed by atoms with van der Waals surface area (Å²) < 4.78 is 31.9. The van der Waals surface area contributed by atoms with Crippen molar-refractivity contribution in [1.29, 1.82) is 0 Å². The molecule has 7 heteroatoms. The second-order valence-corrected chi connectivity index (χ2v) is 7.28. The number of alkyl halides is 2. The molecule has 0 unspecified atom stereocenters. The summed E-state index contributed by atoms with van der Waals surface area (Å²) in [4.78, 5) is 25.6. The summed E-state index contributed by atoms with van der Waals surface area (Å²) in [6.07, 6.45) is -0.0921. The third-order valence-corrected chi connectivity index (χ3v) is 4.27. The van der Waals surface area contributed by atoms with E-state index < -0.39 is 29.1 Å². The second-order valence-electron chi connectivity index (χ2n) is 7.28. The summed E-state index contributed by atoms with van der Waals surface area (Å²) in [5, 5.41) is 2.53.